The Bertz CT molecular complexity index is 336. The summed E-state index contributed by atoms with van der Waals surface area (Å²) in [5.74, 6) is 0. The molecule has 0 aromatic rings. The number of hydrogen-bond donors (Lipinski definition) is 1. The summed E-state index contributed by atoms with van der Waals surface area (Å²) in [5.41, 5.74) is 0. The summed E-state index contributed by atoms with van der Waals surface area (Å²) in [6.07, 6.45) is 1.28. The third-order valence-electron chi connectivity index (χ3n) is 4.31. The molecular weight excluding hydrogens is 280 g/mol. The summed E-state index contributed by atoms with van der Waals surface area (Å²) in [6.45, 7) is 2.73. The van der Waals surface area contributed by atoms with Crippen molar-refractivity contribution in [3.8, 4) is 0 Å². The zero-order valence-corrected chi connectivity index (χ0v) is 12.6. The monoisotopic (exact) mass is 305 g/mol. The molecule has 2 aliphatic heterocycles. The number of ether oxygens (including phenoxy) is 1. The summed E-state index contributed by atoms with van der Waals surface area (Å²) >= 11 is 0. The highest BCUT2D eigenvalue weighted by Gasteiger charge is 2.27. The van der Waals surface area contributed by atoms with E-state index in [9.17, 15) is 13.6 Å². The van der Waals surface area contributed by atoms with Gasteiger partial charge in [0.05, 0.1) is 13.7 Å². The van der Waals surface area contributed by atoms with Crippen LogP contribution in [0.2, 0.25) is 0 Å². The van der Waals surface area contributed by atoms with Gasteiger partial charge in [0, 0.05) is 25.2 Å². The molecule has 0 saturated carbocycles. The van der Waals surface area contributed by atoms with Crippen LogP contribution in [0.1, 0.15) is 25.7 Å². The molecule has 0 bridgehead atoms. The molecule has 7 heteroatoms. The van der Waals surface area contributed by atoms with Gasteiger partial charge >= 0.3 is 6.09 Å². The zero-order valence-electron chi connectivity index (χ0n) is 12.6. The molecule has 2 aliphatic rings. The minimum Gasteiger partial charge on any atom is -0.453 e. The van der Waals surface area contributed by atoms with Crippen LogP contribution in [0, 0.1) is 0 Å². The van der Waals surface area contributed by atoms with Crippen molar-refractivity contribution in [1.82, 2.24) is 15.1 Å². The molecule has 2 rings (SSSR count). The topological polar surface area (TPSA) is 44.8 Å². The van der Waals surface area contributed by atoms with Crippen molar-refractivity contribution in [3.63, 3.8) is 0 Å². The molecule has 5 nitrogen and oxygen atoms in total. The highest BCUT2D eigenvalue weighted by molar-refractivity contribution is 5.67. The molecule has 0 aromatic carbocycles. The van der Waals surface area contributed by atoms with Crippen LogP contribution in [0.15, 0.2) is 0 Å². The Kier molecular flexibility index (Phi) is 6.17. The van der Waals surface area contributed by atoms with Gasteiger partial charge in [0.1, 0.15) is 0 Å². The second kappa shape index (κ2) is 7.89. The number of nitrogens with zero attached hydrogens (tertiary/aromatic N) is 2. The normalized spacial score (nSPS) is 25.3. The van der Waals surface area contributed by atoms with E-state index in [1.807, 2.05) is 4.90 Å². The lowest BCUT2D eigenvalue weighted by Crippen LogP contribution is -2.53. The molecule has 0 aliphatic carbocycles. The van der Waals surface area contributed by atoms with Crippen LogP contribution in [0.25, 0.3) is 0 Å². The van der Waals surface area contributed by atoms with Gasteiger partial charge in [0.25, 0.3) is 6.43 Å². The third kappa shape index (κ3) is 5.07. The van der Waals surface area contributed by atoms with E-state index in [1.54, 1.807) is 4.90 Å². The Morgan fingerprint density at radius 1 is 1.24 bits per heavy atom. The van der Waals surface area contributed by atoms with Crippen LogP contribution in [0.3, 0.4) is 0 Å². The van der Waals surface area contributed by atoms with Crippen LogP contribution < -0.4 is 5.32 Å². The molecule has 21 heavy (non-hydrogen) atoms. The second-order valence-corrected chi connectivity index (χ2v) is 5.89. The fourth-order valence-corrected chi connectivity index (χ4v) is 3.22. The van der Waals surface area contributed by atoms with Gasteiger partial charge in [-0.25, -0.2) is 13.6 Å². The average molecular weight is 305 g/mol. The molecule has 1 N–H and O–H groups in total. The van der Waals surface area contributed by atoms with E-state index in [-0.39, 0.29) is 18.7 Å². The fraction of sp³-hybridized carbons (Fsp3) is 0.929. The first-order valence-electron chi connectivity index (χ1n) is 7.68. The Morgan fingerprint density at radius 3 is 2.57 bits per heavy atom. The highest BCUT2D eigenvalue weighted by Crippen LogP contribution is 2.16. The number of piperidine rings is 2. The number of likely N-dealkylation sites (tertiary alicyclic amines) is 2. The Balaban J connectivity index is 1.72. The highest BCUT2D eigenvalue weighted by atomic mass is 19.3. The van der Waals surface area contributed by atoms with Gasteiger partial charge in [0.15, 0.2) is 0 Å². The smallest absolute Gasteiger partial charge is 0.409 e. The maximum Gasteiger partial charge on any atom is 0.409 e. The van der Waals surface area contributed by atoms with Gasteiger partial charge in [-0.3, -0.25) is 4.90 Å². The molecule has 0 radical (unpaired) electrons. The molecule has 2 saturated heterocycles. The SMILES string of the molecule is COC(=O)N1CCC[C@@H](NC2CCN(CC(F)F)CC2)C1. The van der Waals surface area contributed by atoms with E-state index in [1.165, 1.54) is 7.11 Å². The largest absolute Gasteiger partial charge is 0.453 e. The molecule has 2 heterocycles. The predicted molar refractivity (Wildman–Crippen MR) is 75.6 cm³/mol. The number of hydrogen-bond acceptors (Lipinski definition) is 4. The zero-order chi connectivity index (χ0) is 15.2. The van der Waals surface area contributed by atoms with E-state index in [0.29, 0.717) is 12.6 Å². The van der Waals surface area contributed by atoms with Crippen molar-refractivity contribution in [2.24, 2.45) is 0 Å². The van der Waals surface area contributed by atoms with Crippen molar-refractivity contribution in [3.05, 3.63) is 0 Å². The Labute approximate surface area is 124 Å². The Morgan fingerprint density at radius 2 is 1.95 bits per heavy atom. The van der Waals surface area contributed by atoms with Crippen LogP contribution in [0.4, 0.5) is 13.6 Å². The van der Waals surface area contributed by atoms with Crippen LogP contribution in [-0.4, -0.2) is 74.2 Å². The van der Waals surface area contributed by atoms with Crippen molar-refractivity contribution in [2.45, 2.75) is 44.2 Å². The van der Waals surface area contributed by atoms with Crippen LogP contribution >= 0.6 is 0 Å². The standard InChI is InChI=1S/C14H25F2N3O2/c1-21-14(20)19-6-2-3-12(9-19)17-11-4-7-18(8-5-11)10-13(15)16/h11-13,17H,2-10H2,1H3/t12-/m1/s1. The van der Waals surface area contributed by atoms with E-state index in [2.05, 4.69) is 5.32 Å². The maximum atomic E-state index is 12.3. The van der Waals surface area contributed by atoms with Crippen LogP contribution in [0.5, 0.6) is 0 Å². The van der Waals surface area contributed by atoms with Gasteiger partial charge in [-0.1, -0.05) is 0 Å². The first-order valence-corrected chi connectivity index (χ1v) is 7.68. The maximum absolute atomic E-state index is 12.3. The first-order chi connectivity index (χ1) is 10.1. The lowest BCUT2D eigenvalue weighted by molar-refractivity contribution is 0.0693. The van der Waals surface area contributed by atoms with Crippen LogP contribution in [-0.2, 0) is 4.74 Å². The van der Waals surface area contributed by atoms with Gasteiger partial charge in [-0.05, 0) is 38.8 Å². The quantitative estimate of drug-likeness (QED) is 0.856. The molecule has 1 amide bonds. The number of rotatable bonds is 4. The molecule has 0 unspecified atom stereocenters. The minimum atomic E-state index is -2.25. The van der Waals surface area contributed by atoms with Gasteiger partial charge in [-0.15, -0.1) is 0 Å². The number of amides is 1. The first kappa shape index (κ1) is 16.4. The van der Waals surface area contributed by atoms with E-state index >= 15 is 0 Å². The summed E-state index contributed by atoms with van der Waals surface area (Å²) < 4.78 is 29.4. The number of alkyl halides is 2. The van der Waals surface area contributed by atoms with Crippen molar-refractivity contribution in [2.75, 3.05) is 39.8 Å². The molecule has 122 valence electrons. The summed E-state index contributed by atoms with van der Waals surface area (Å²) in [4.78, 5) is 15.1. The van der Waals surface area contributed by atoms with Gasteiger partial charge < -0.3 is 15.0 Å². The molecule has 0 spiro atoms. The number of carbonyl (C=O) groups excluding carboxylic acids is 1. The Hall–Kier alpha value is -0.950. The van der Waals surface area contributed by atoms with Gasteiger partial charge in [-0.2, -0.15) is 0 Å². The fourth-order valence-electron chi connectivity index (χ4n) is 3.22. The number of halogens is 2. The number of carbonyl (C=O) groups is 1. The van der Waals surface area contributed by atoms with E-state index in [4.69, 9.17) is 4.74 Å². The molecule has 2 fully saturated rings. The second-order valence-electron chi connectivity index (χ2n) is 5.89. The average Bonchev–Trinajstić information content (AvgIpc) is 2.48. The number of nitrogens with one attached hydrogen (secondary N) is 1. The predicted octanol–water partition coefficient (Wildman–Crippen LogP) is 1.54. The number of methoxy groups -OCH3 is 1. The summed E-state index contributed by atoms with van der Waals surface area (Å²) in [7, 11) is 1.40. The lowest BCUT2D eigenvalue weighted by Gasteiger charge is -2.37. The summed E-state index contributed by atoms with van der Waals surface area (Å²) in [5, 5.41) is 3.58. The molecule has 0 aromatic heterocycles. The lowest BCUT2D eigenvalue weighted by atomic mass is 10.0. The summed E-state index contributed by atoms with van der Waals surface area (Å²) in [6, 6.07) is 0.644. The third-order valence-corrected chi connectivity index (χ3v) is 4.31. The van der Waals surface area contributed by atoms with Gasteiger partial charge in [0.2, 0.25) is 0 Å². The van der Waals surface area contributed by atoms with Crippen molar-refractivity contribution in [1.29, 1.82) is 0 Å². The van der Waals surface area contributed by atoms with E-state index in [0.717, 1.165) is 45.3 Å². The van der Waals surface area contributed by atoms with Crippen molar-refractivity contribution < 1.29 is 18.3 Å². The molecular formula is C14H25F2N3O2. The van der Waals surface area contributed by atoms with Crippen molar-refractivity contribution >= 4 is 6.09 Å². The molecule has 1 atom stereocenters. The van der Waals surface area contributed by atoms with E-state index < -0.39 is 6.43 Å². The minimum absolute atomic E-state index is 0.119.